The largest absolute Gasteiger partial charge is 0.394 e. The molecule has 0 aromatic rings. The van der Waals surface area contributed by atoms with Gasteiger partial charge in [0.25, 0.3) is 11.8 Å². The fourth-order valence-electron chi connectivity index (χ4n) is 1.19. The van der Waals surface area contributed by atoms with Gasteiger partial charge in [-0.05, 0) is 0 Å². The van der Waals surface area contributed by atoms with Crippen LogP contribution in [-0.2, 0) is 19.1 Å². The van der Waals surface area contributed by atoms with Crippen LogP contribution in [0.1, 0.15) is 0 Å². The van der Waals surface area contributed by atoms with Crippen molar-refractivity contribution in [3.8, 4) is 0 Å². The lowest BCUT2D eigenvalue weighted by molar-refractivity contribution is -0.137. The van der Waals surface area contributed by atoms with Crippen molar-refractivity contribution in [2.45, 2.75) is 0 Å². The number of ether oxygens (including phenoxy) is 2. The van der Waals surface area contributed by atoms with Crippen LogP contribution in [0.5, 0.6) is 0 Å². The summed E-state index contributed by atoms with van der Waals surface area (Å²) < 4.78 is 10.1. The number of imide groups is 1. The average molecular weight is 229 g/mol. The van der Waals surface area contributed by atoms with Gasteiger partial charge in [-0.1, -0.05) is 0 Å². The molecule has 0 atom stereocenters. The fourth-order valence-corrected chi connectivity index (χ4v) is 1.19. The Kier molecular flexibility index (Phi) is 5.69. The highest BCUT2D eigenvalue weighted by Crippen LogP contribution is 2.02. The topological polar surface area (TPSA) is 76.1 Å². The normalized spacial score (nSPS) is 15.2. The van der Waals surface area contributed by atoms with E-state index in [1.807, 2.05) is 0 Å². The Morgan fingerprint density at radius 1 is 1.00 bits per heavy atom. The van der Waals surface area contributed by atoms with Crippen molar-refractivity contribution in [2.24, 2.45) is 0 Å². The molecule has 2 amide bonds. The Bertz CT molecular complexity index is 258. The van der Waals surface area contributed by atoms with Crippen LogP contribution in [0.3, 0.4) is 0 Å². The third-order valence-electron chi connectivity index (χ3n) is 1.97. The molecule has 0 fully saturated rings. The Hall–Kier alpha value is -1.24. The minimum absolute atomic E-state index is 0.0115. The molecule has 6 heteroatoms. The molecular weight excluding hydrogens is 214 g/mol. The van der Waals surface area contributed by atoms with E-state index in [0.717, 1.165) is 4.90 Å². The second kappa shape index (κ2) is 7.10. The third-order valence-corrected chi connectivity index (χ3v) is 1.97. The summed E-state index contributed by atoms with van der Waals surface area (Å²) in [7, 11) is 0. The molecule has 1 rings (SSSR count). The lowest BCUT2D eigenvalue weighted by atomic mass is 10.5. The lowest BCUT2D eigenvalue weighted by Gasteiger charge is -2.13. The molecule has 90 valence electrons. The zero-order valence-corrected chi connectivity index (χ0v) is 8.92. The van der Waals surface area contributed by atoms with Crippen LogP contribution < -0.4 is 0 Å². The van der Waals surface area contributed by atoms with E-state index in [1.54, 1.807) is 0 Å². The fraction of sp³-hybridized carbons (Fsp3) is 0.600. The molecule has 0 unspecified atom stereocenters. The quantitative estimate of drug-likeness (QED) is 0.424. The standard InChI is InChI=1S/C10H15NO5/c12-4-6-16-8-7-15-5-3-11-9(13)1-2-10(11)14/h1-2,12H,3-8H2. The maximum Gasteiger partial charge on any atom is 0.253 e. The van der Waals surface area contributed by atoms with Crippen molar-refractivity contribution in [3.05, 3.63) is 12.2 Å². The first-order valence-corrected chi connectivity index (χ1v) is 5.05. The highest BCUT2D eigenvalue weighted by atomic mass is 16.5. The molecule has 16 heavy (non-hydrogen) atoms. The zero-order valence-electron chi connectivity index (χ0n) is 8.92. The van der Waals surface area contributed by atoms with Crippen LogP contribution in [0, 0.1) is 0 Å². The Labute approximate surface area is 93.4 Å². The molecule has 0 bridgehead atoms. The van der Waals surface area contributed by atoms with Crippen LogP contribution in [0.2, 0.25) is 0 Å². The van der Waals surface area contributed by atoms with Crippen LogP contribution in [0.25, 0.3) is 0 Å². The molecule has 1 N–H and O–H groups in total. The predicted octanol–water partition coefficient (Wildman–Crippen LogP) is -1.06. The van der Waals surface area contributed by atoms with E-state index in [4.69, 9.17) is 14.6 Å². The molecule has 0 aromatic carbocycles. The molecule has 0 radical (unpaired) electrons. The van der Waals surface area contributed by atoms with Crippen molar-refractivity contribution in [1.82, 2.24) is 4.90 Å². The van der Waals surface area contributed by atoms with E-state index in [-0.39, 0.29) is 31.6 Å². The second-order valence-electron chi connectivity index (χ2n) is 3.11. The molecule has 1 heterocycles. The summed E-state index contributed by atoms with van der Waals surface area (Å²) in [6.45, 7) is 1.59. The molecule has 6 nitrogen and oxygen atoms in total. The van der Waals surface area contributed by atoms with Crippen molar-refractivity contribution in [3.63, 3.8) is 0 Å². The number of aliphatic hydroxyl groups excluding tert-OH is 1. The van der Waals surface area contributed by atoms with Gasteiger partial charge in [0.2, 0.25) is 0 Å². The number of hydrogen-bond acceptors (Lipinski definition) is 5. The summed E-state index contributed by atoms with van der Waals surface area (Å²) in [4.78, 5) is 23.3. The summed E-state index contributed by atoms with van der Waals surface area (Å²) in [5.74, 6) is -0.602. The second-order valence-corrected chi connectivity index (χ2v) is 3.11. The Morgan fingerprint density at radius 2 is 1.56 bits per heavy atom. The smallest absolute Gasteiger partial charge is 0.253 e. The van der Waals surface area contributed by atoms with Crippen LogP contribution in [0.4, 0.5) is 0 Å². The Morgan fingerprint density at radius 3 is 2.12 bits per heavy atom. The first-order valence-electron chi connectivity index (χ1n) is 5.05. The average Bonchev–Trinajstić information content (AvgIpc) is 2.59. The van der Waals surface area contributed by atoms with Gasteiger partial charge in [0.15, 0.2) is 0 Å². The minimum Gasteiger partial charge on any atom is -0.394 e. The summed E-state index contributed by atoms with van der Waals surface area (Å²) >= 11 is 0. The lowest BCUT2D eigenvalue weighted by Crippen LogP contribution is -2.33. The van der Waals surface area contributed by atoms with Crippen molar-refractivity contribution < 1.29 is 24.2 Å². The Balaban J connectivity index is 1.99. The molecule has 0 saturated heterocycles. The number of hydrogen-bond donors (Lipinski definition) is 1. The SMILES string of the molecule is O=C1C=CC(=O)N1CCOCCOCCO. The van der Waals surface area contributed by atoms with Crippen LogP contribution in [0.15, 0.2) is 12.2 Å². The van der Waals surface area contributed by atoms with Gasteiger partial charge in [-0.3, -0.25) is 14.5 Å². The van der Waals surface area contributed by atoms with Gasteiger partial charge in [-0.25, -0.2) is 0 Å². The predicted molar refractivity (Wildman–Crippen MR) is 54.6 cm³/mol. The maximum absolute atomic E-state index is 11.1. The van der Waals surface area contributed by atoms with E-state index in [1.165, 1.54) is 12.2 Å². The highest BCUT2D eigenvalue weighted by molar-refractivity contribution is 6.12. The van der Waals surface area contributed by atoms with E-state index in [2.05, 4.69) is 0 Å². The van der Waals surface area contributed by atoms with E-state index < -0.39 is 0 Å². The maximum atomic E-state index is 11.1. The van der Waals surface area contributed by atoms with Gasteiger partial charge in [0, 0.05) is 12.2 Å². The molecule has 0 spiro atoms. The van der Waals surface area contributed by atoms with E-state index in [9.17, 15) is 9.59 Å². The van der Waals surface area contributed by atoms with Crippen molar-refractivity contribution in [1.29, 1.82) is 0 Å². The summed E-state index contributed by atoms with van der Waals surface area (Å²) in [6.07, 6.45) is 2.49. The zero-order chi connectivity index (χ0) is 11.8. The number of rotatable bonds is 8. The van der Waals surface area contributed by atoms with Gasteiger partial charge >= 0.3 is 0 Å². The molecule has 0 saturated carbocycles. The summed E-state index contributed by atoms with van der Waals surface area (Å²) in [6, 6.07) is 0. The highest BCUT2D eigenvalue weighted by Gasteiger charge is 2.22. The van der Waals surface area contributed by atoms with Gasteiger partial charge in [-0.15, -0.1) is 0 Å². The number of carbonyl (C=O) groups excluding carboxylic acids is 2. The third kappa shape index (κ3) is 4.09. The van der Waals surface area contributed by atoms with Gasteiger partial charge in [0.1, 0.15) is 0 Å². The molecular formula is C10H15NO5. The molecule has 1 aliphatic rings. The van der Waals surface area contributed by atoms with Crippen LogP contribution in [-0.4, -0.2) is 61.4 Å². The van der Waals surface area contributed by atoms with E-state index >= 15 is 0 Å². The van der Waals surface area contributed by atoms with Gasteiger partial charge in [-0.2, -0.15) is 0 Å². The first-order chi connectivity index (χ1) is 7.75. The number of nitrogens with zero attached hydrogens (tertiary/aromatic N) is 1. The van der Waals surface area contributed by atoms with Gasteiger partial charge in [0.05, 0.1) is 39.6 Å². The number of aliphatic hydroxyl groups is 1. The summed E-state index contributed by atoms with van der Waals surface area (Å²) in [5, 5.41) is 8.42. The summed E-state index contributed by atoms with van der Waals surface area (Å²) in [5.41, 5.74) is 0. The molecule has 0 aliphatic carbocycles. The number of amides is 2. The number of carbonyl (C=O) groups is 2. The minimum atomic E-state index is -0.301. The van der Waals surface area contributed by atoms with Crippen molar-refractivity contribution in [2.75, 3.05) is 39.6 Å². The van der Waals surface area contributed by atoms with E-state index in [0.29, 0.717) is 19.8 Å². The monoisotopic (exact) mass is 229 g/mol. The first kappa shape index (κ1) is 12.8. The van der Waals surface area contributed by atoms with Crippen molar-refractivity contribution >= 4 is 11.8 Å². The molecule has 0 aromatic heterocycles. The molecule has 1 aliphatic heterocycles. The van der Waals surface area contributed by atoms with Crippen LogP contribution >= 0.6 is 0 Å². The van der Waals surface area contributed by atoms with Gasteiger partial charge < -0.3 is 14.6 Å².